The number of aromatic nitrogens is 1. The van der Waals surface area contributed by atoms with E-state index in [-0.39, 0.29) is 18.3 Å². The number of hydrogen-bond acceptors (Lipinski definition) is 4. The molecule has 0 radical (unpaired) electrons. The van der Waals surface area contributed by atoms with Crippen LogP contribution in [-0.2, 0) is 9.31 Å². The van der Waals surface area contributed by atoms with Gasteiger partial charge >= 0.3 is 7.12 Å². The molecule has 0 amide bonds. The molecule has 0 unspecified atom stereocenters. The standard InChI is InChI=1S/C15H18BNO3/c1-14(2)15(3,4)20-16(19-14)12-7-5-11(6-8-12)13-9-17-10-18-13/h5-10H,1-4H3. The smallest absolute Gasteiger partial charge is 0.444 e. The van der Waals surface area contributed by atoms with Crippen molar-refractivity contribution in [2.45, 2.75) is 38.9 Å². The zero-order valence-electron chi connectivity index (χ0n) is 12.2. The molecule has 2 aromatic rings. The number of benzene rings is 1. The van der Waals surface area contributed by atoms with Crippen LogP contribution in [0.5, 0.6) is 0 Å². The van der Waals surface area contributed by atoms with Crippen LogP contribution in [0, 0.1) is 0 Å². The molecule has 1 aromatic carbocycles. The fourth-order valence-corrected chi connectivity index (χ4v) is 2.14. The first-order valence-corrected chi connectivity index (χ1v) is 6.73. The molecule has 1 aromatic heterocycles. The number of rotatable bonds is 2. The van der Waals surface area contributed by atoms with Crippen molar-refractivity contribution in [2.75, 3.05) is 0 Å². The van der Waals surface area contributed by atoms with Gasteiger partial charge in [-0.25, -0.2) is 4.98 Å². The van der Waals surface area contributed by atoms with Crippen LogP contribution >= 0.6 is 0 Å². The lowest BCUT2D eigenvalue weighted by atomic mass is 9.79. The number of nitrogens with zero attached hydrogens (tertiary/aromatic N) is 1. The second kappa shape index (κ2) is 4.47. The van der Waals surface area contributed by atoms with Gasteiger partial charge in [-0.2, -0.15) is 0 Å². The van der Waals surface area contributed by atoms with Crippen molar-refractivity contribution >= 4 is 12.6 Å². The van der Waals surface area contributed by atoms with Crippen LogP contribution in [0.25, 0.3) is 11.3 Å². The highest BCUT2D eigenvalue weighted by molar-refractivity contribution is 6.62. The quantitative estimate of drug-likeness (QED) is 0.787. The van der Waals surface area contributed by atoms with E-state index in [1.165, 1.54) is 6.39 Å². The predicted octanol–water partition coefficient (Wildman–Crippen LogP) is 2.64. The summed E-state index contributed by atoms with van der Waals surface area (Å²) < 4.78 is 17.3. The first-order valence-electron chi connectivity index (χ1n) is 6.73. The second-order valence-corrected chi connectivity index (χ2v) is 6.08. The third-order valence-corrected chi connectivity index (χ3v) is 4.15. The van der Waals surface area contributed by atoms with Crippen LogP contribution in [0.1, 0.15) is 27.7 Å². The molecule has 5 heteroatoms. The van der Waals surface area contributed by atoms with Crippen LogP contribution < -0.4 is 5.46 Å². The Bertz CT molecular complexity index is 574. The molecule has 104 valence electrons. The Labute approximate surface area is 119 Å². The van der Waals surface area contributed by atoms with Crippen LogP contribution in [0.3, 0.4) is 0 Å². The molecule has 1 fully saturated rings. The minimum atomic E-state index is -0.330. The molecular weight excluding hydrogens is 253 g/mol. The summed E-state index contributed by atoms with van der Waals surface area (Å²) in [5.74, 6) is 0.755. The van der Waals surface area contributed by atoms with Crippen LogP contribution in [0.4, 0.5) is 0 Å². The van der Waals surface area contributed by atoms with E-state index in [4.69, 9.17) is 13.7 Å². The van der Waals surface area contributed by atoms with Gasteiger partial charge in [-0.15, -0.1) is 0 Å². The Kier molecular flexibility index (Phi) is 2.99. The third-order valence-electron chi connectivity index (χ3n) is 4.15. The molecule has 0 aliphatic carbocycles. The summed E-state index contributed by atoms with van der Waals surface area (Å²) in [5, 5.41) is 0. The van der Waals surface area contributed by atoms with E-state index in [1.54, 1.807) is 6.20 Å². The summed E-state index contributed by atoms with van der Waals surface area (Å²) in [4.78, 5) is 3.92. The van der Waals surface area contributed by atoms with Crippen molar-refractivity contribution in [2.24, 2.45) is 0 Å². The Morgan fingerprint density at radius 3 is 2.05 bits per heavy atom. The summed E-state index contributed by atoms with van der Waals surface area (Å²) in [7, 11) is -0.330. The molecule has 0 N–H and O–H groups in total. The van der Waals surface area contributed by atoms with Gasteiger partial charge in [0.1, 0.15) is 0 Å². The van der Waals surface area contributed by atoms with Crippen molar-refractivity contribution in [1.82, 2.24) is 4.98 Å². The van der Waals surface area contributed by atoms with E-state index < -0.39 is 0 Å². The fraction of sp³-hybridized carbons (Fsp3) is 0.400. The molecule has 4 nitrogen and oxygen atoms in total. The Morgan fingerprint density at radius 2 is 1.55 bits per heavy atom. The Balaban J connectivity index is 1.83. The Morgan fingerprint density at radius 1 is 0.950 bits per heavy atom. The first-order chi connectivity index (χ1) is 9.39. The lowest BCUT2D eigenvalue weighted by Crippen LogP contribution is -2.41. The normalized spacial score (nSPS) is 20.3. The maximum atomic E-state index is 6.02. The minimum Gasteiger partial charge on any atom is -0.444 e. The van der Waals surface area contributed by atoms with Crippen LogP contribution in [-0.4, -0.2) is 23.3 Å². The largest absolute Gasteiger partial charge is 0.494 e. The zero-order valence-corrected chi connectivity index (χ0v) is 12.2. The average molecular weight is 271 g/mol. The van der Waals surface area contributed by atoms with Crippen molar-refractivity contribution in [1.29, 1.82) is 0 Å². The maximum absolute atomic E-state index is 6.02. The monoisotopic (exact) mass is 271 g/mol. The summed E-state index contributed by atoms with van der Waals surface area (Å²) >= 11 is 0. The van der Waals surface area contributed by atoms with Gasteiger partial charge in [0, 0.05) is 5.56 Å². The maximum Gasteiger partial charge on any atom is 0.494 e. The molecule has 1 aliphatic heterocycles. The number of oxazole rings is 1. The highest BCUT2D eigenvalue weighted by atomic mass is 16.7. The van der Waals surface area contributed by atoms with Gasteiger partial charge in [-0.05, 0) is 33.2 Å². The second-order valence-electron chi connectivity index (χ2n) is 6.08. The van der Waals surface area contributed by atoms with E-state index in [1.807, 2.05) is 24.3 Å². The summed E-state index contributed by atoms with van der Waals surface area (Å²) in [6.45, 7) is 8.21. The molecule has 20 heavy (non-hydrogen) atoms. The molecule has 2 heterocycles. The lowest BCUT2D eigenvalue weighted by molar-refractivity contribution is 0.00578. The number of hydrogen-bond donors (Lipinski definition) is 0. The van der Waals surface area contributed by atoms with Crippen molar-refractivity contribution < 1.29 is 13.7 Å². The lowest BCUT2D eigenvalue weighted by Gasteiger charge is -2.32. The molecule has 1 aliphatic rings. The van der Waals surface area contributed by atoms with E-state index in [0.717, 1.165) is 16.8 Å². The van der Waals surface area contributed by atoms with Gasteiger partial charge in [-0.1, -0.05) is 24.3 Å². The van der Waals surface area contributed by atoms with Gasteiger partial charge in [-0.3, -0.25) is 0 Å². The van der Waals surface area contributed by atoms with Crippen LogP contribution in [0.15, 0.2) is 41.3 Å². The zero-order chi connectivity index (χ0) is 14.4. The molecule has 0 saturated carbocycles. The molecule has 0 bridgehead atoms. The van der Waals surface area contributed by atoms with Gasteiger partial charge in [0.05, 0.1) is 17.4 Å². The molecule has 1 saturated heterocycles. The van der Waals surface area contributed by atoms with Crippen LogP contribution in [0.2, 0.25) is 0 Å². The first kappa shape index (κ1) is 13.4. The van der Waals surface area contributed by atoms with Gasteiger partial charge in [0.25, 0.3) is 0 Å². The SMILES string of the molecule is CC1(C)OB(c2ccc(-c3cnco3)cc2)OC1(C)C. The topological polar surface area (TPSA) is 44.5 Å². The molecule has 0 spiro atoms. The predicted molar refractivity (Wildman–Crippen MR) is 77.7 cm³/mol. The van der Waals surface area contributed by atoms with E-state index in [2.05, 4.69) is 32.7 Å². The van der Waals surface area contributed by atoms with Crippen molar-refractivity contribution in [3.8, 4) is 11.3 Å². The van der Waals surface area contributed by atoms with E-state index in [9.17, 15) is 0 Å². The van der Waals surface area contributed by atoms with Gasteiger partial charge < -0.3 is 13.7 Å². The van der Waals surface area contributed by atoms with Crippen molar-refractivity contribution in [3.63, 3.8) is 0 Å². The summed E-state index contributed by atoms with van der Waals surface area (Å²) in [6, 6.07) is 7.97. The van der Waals surface area contributed by atoms with Gasteiger partial charge in [0.15, 0.2) is 12.2 Å². The highest BCUT2D eigenvalue weighted by Crippen LogP contribution is 2.36. The fourth-order valence-electron chi connectivity index (χ4n) is 2.14. The Hall–Kier alpha value is -1.59. The highest BCUT2D eigenvalue weighted by Gasteiger charge is 2.51. The van der Waals surface area contributed by atoms with E-state index in [0.29, 0.717) is 0 Å². The van der Waals surface area contributed by atoms with E-state index >= 15 is 0 Å². The average Bonchev–Trinajstić information content (AvgIpc) is 2.97. The summed E-state index contributed by atoms with van der Waals surface area (Å²) in [5.41, 5.74) is 1.36. The molecule has 0 atom stereocenters. The van der Waals surface area contributed by atoms with Crippen molar-refractivity contribution in [3.05, 3.63) is 36.9 Å². The minimum absolute atomic E-state index is 0.318. The van der Waals surface area contributed by atoms with Gasteiger partial charge in [0.2, 0.25) is 0 Å². The third kappa shape index (κ3) is 2.17. The molecule has 3 rings (SSSR count). The molecular formula is C15H18BNO3. The summed E-state index contributed by atoms with van der Waals surface area (Å²) in [6.07, 6.45) is 3.13.